The molecule has 2 unspecified atom stereocenters. The Hall–Kier alpha value is -1.02. The van der Waals surface area contributed by atoms with Gasteiger partial charge >= 0.3 is 0 Å². The first-order chi connectivity index (χ1) is 10.1. The molecule has 2 aliphatic rings. The van der Waals surface area contributed by atoms with E-state index >= 15 is 0 Å². The number of hydrogen-bond acceptors (Lipinski definition) is 2. The van der Waals surface area contributed by atoms with Crippen molar-refractivity contribution >= 4 is 0 Å². The lowest BCUT2D eigenvalue weighted by Gasteiger charge is -2.43. The van der Waals surface area contributed by atoms with Crippen molar-refractivity contribution in [2.24, 2.45) is 11.3 Å². The van der Waals surface area contributed by atoms with Crippen molar-refractivity contribution in [3.8, 4) is 5.75 Å². The van der Waals surface area contributed by atoms with Crippen molar-refractivity contribution in [2.45, 2.75) is 58.4 Å². The van der Waals surface area contributed by atoms with Crippen LogP contribution in [0.15, 0.2) is 18.2 Å². The molecular formula is C19H29NO. The molecule has 0 bridgehead atoms. The maximum atomic E-state index is 5.76. The largest absolute Gasteiger partial charge is 0.493 e. The minimum absolute atomic E-state index is 0.429. The molecule has 0 radical (unpaired) electrons. The van der Waals surface area contributed by atoms with Gasteiger partial charge in [0.15, 0.2) is 0 Å². The highest BCUT2D eigenvalue weighted by atomic mass is 16.5. The molecule has 116 valence electrons. The summed E-state index contributed by atoms with van der Waals surface area (Å²) in [6.45, 7) is 5.77. The van der Waals surface area contributed by atoms with E-state index in [0.717, 1.165) is 31.1 Å². The molecule has 2 atom stereocenters. The highest BCUT2D eigenvalue weighted by Gasteiger charge is 2.37. The van der Waals surface area contributed by atoms with Gasteiger partial charge in [-0.2, -0.15) is 0 Å². The normalized spacial score (nSPS) is 25.8. The fourth-order valence-corrected chi connectivity index (χ4v) is 4.31. The molecule has 21 heavy (non-hydrogen) atoms. The molecule has 1 aromatic rings. The van der Waals surface area contributed by atoms with E-state index in [1.807, 2.05) is 0 Å². The van der Waals surface area contributed by atoms with E-state index in [1.54, 1.807) is 0 Å². The Morgan fingerprint density at radius 1 is 1.24 bits per heavy atom. The second kappa shape index (κ2) is 6.00. The van der Waals surface area contributed by atoms with Crippen LogP contribution >= 0.6 is 0 Å². The standard InChI is InChI=1S/C19H29NO/c1-19(2)11-5-4-8-16(19)18(20-3)15-9-10-17-14(13-15)7-6-12-21-17/h9-10,13,16,18,20H,4-8,11-12H2,1-3H3. The first-order valence-corrected chi connectivity index (χ1v) is 8.55. The van der Waals surface area contributed by atoms with Crippen LogP contribution in [0.3, 0.4) is 0 Å². The molecular weight excluding hydrogens is 258 g/mol. The number of hydrogen-bond donors (Lipinski definition) is 1. The smallest absolute Gasteiger partial charge is 0.122 e. The Balaban J connectivity index is 1.89. The van der Waals surface area contributed by atoms with Gasteiger partial charge in [-0.15, -0.1) is 0 Å². The molecule has 1 saturated carbocycles. The summed E-state index contributed by atoms with van der Waals surface area (Å²) in [7, 11) is 2.12. The second-order valence-electron chi connectivity index (χ2n) is 7.43. The van der Waals surface area contributed by atoms with Crippen molar-refractivity contribution in [3.63, 3.8) is 0 Å². The van der Waals surface area contributed by atoms with E-state index in [2.05, 4.69) is 44.4 Å². The number of aryl methyl sites for hydroxylation is 1. The minimum atomic E-state index is 0.429. The minimum Gasteiger partial charge on any atom is -0.493 e. The molecule has 1 heterocycles. The summed E-state index contributed by atoms with van der Waals surface area (Å²) >= 11 is 0. The van der Waals surface area contributed by atoms with Crippen molar-refractivity contribution in [2.75, 3.05) is 13.7 Å². The van der Waals surface area contributed by atoms with E-state index in [9.17, 15) is 0 Å². The number of nitrogens with one attached hydrogen (secondary N) is 1. The van der Waals surface area contributed by atoms with E-state index < -0.39 is 0 Å². The van der Waals surface area contributed by atoms with Crippen LogP contribution in [0.2, 0.25) is 0 Å². The molecule has 0 aromatic heterocycles. The van der Waals surface area contributed by atoms with Crippen LogP contribution in [0.4, 0.5) is 0 Å². The van der Waals surface area contributed by atoms with Crippen LogP contribution in [0.25, 0.3) is 0 Å². The van der Waals surface area contributed by atoms with Crippen molar-refractivity contribution < 1.29 is 4.74 Å². The summed E-state index contributed by atoms with van der Waals surface area (Å²) in [5, 5.41) is 3.61. The predicted molar refractivity (Wildman–Crippen MR) is 87.8 cm³/mol. The van der Waals surface area contributed by atoms with Crippen LogP contribution in [-0.4, -0.2) is 13.7 Å². The van der Waals surface area contributed by atoms with Gasteiger partial charge in [-0.1, -0.05) is 38.8 Å². The predicted octanol–water partition coefficient (Wildman–Crippen LogP) is 4.49. The summed E-state index contributed by atoms with van der Waals surface area (Å²) in [4.78, 5) is 0. The molecule has 0 amide bonds. The molecule has 2 nitrogen and oxygen atoms in total. The Morgan fingerprint density at radius 2 is 2.10 bits per heavy atom. The molecule has 0 saturated heterocycles. The first-order valence-electron chi connectivity index (χ1n) is 8.55. The maximum Gasteiger partial charge on any atom is 0.122 e. The van der Waals surface area contributed by atoms with Gasteiger partial charge in [0.1, 0.15) is 5.75 Å². The number of benzene rings is 1. The van der Waals surface area contributed by atoms with E-state index in [0.29, 0.717) is 11.5 Å². The van der Waals surface area contributed by atoms with Crippen LogP contribution in [0.5, 0.6) is 5.75 Å². The van der Waals surface area contributed by atoms with Gasteiger partial charge in [-0.3, -0.25) is 0 Å². The van der Waals surface area contributed by atoms with E-state index in [4.69, 9.17) is 4.74 Å². The van der Waals surface area contributed by atoms with Crippen LogP contribution in [0, 0.1) is 11.3 Å². The maximum absolute atomic E-state index is 5.76. The number of ether oxygens (including phenoxy) is 1. The Morgan fingerprint density at radius 3 is 2.86 bits per heavy atom. The van der Waals surface area contributed by atoms with Gasteiger partial charge in [0.25, 0.3) is 0 Å². The zero-order valence-corrected chi connectivity index (χ0v) is 13.7. The SMILES string of the molecule is CNC(c1ccc2c(c1)CCCO2)C1CCCCC1(C)C. The molecule has 3 rings (SSSR count). The highest BCUT2D eigenvalue weighted by molar-refractivity contribution is 5.40. The summed E-state index contributed by atoms with van der Waals surface area (Å²) in [6, 6.07) is 7.31. The van der Waals surface area contributed by atoms with Crippen LogP contribution < -0.4 is 10.1 Å². The van der Waals surface area contributed by atoms with Gasteiger partial charge in [-0.25, -0.2) is 0 Å². The fraction of sp³-hybridized carbons (Fsp3) is 0.684. The molecule has 1 aliphatic heterocycles. The van der Waals surface area contributed by atoms with Crippen molar-refractivity contribution in [1.29, 1.82) is 0 Å². The highest BCUT2D eigenvalue weighted by Crippen LogP contribution is 2.47. The van der Waals surface area contributed by atoms with E-state index in [1.165, 1.54) is 36.8 Å². The molecule has 1 fully saturated rings. The van der Waals surface area contributed by atoms with Crippen molar-refractivity contribution in [3.05, 3.63) is 29.3 Å². The van der Waals surface area contributed by atoms with Gasteiger partial charge in [0, 0.05) is 6.04 Å². The second-order valence-corrected chi connectivity index (χ2v) is 7.43. The topological polar surface area (TPSA) is 21.3 Å². The third-order valence-corrected chi connectivity index (χ3v) is 5.60. The molecule has 1 N–H and O–H groups in total. The monoisotopic (exact) mass is 287 g/mol. The first kappa shape index (κ1) is 14.9. The quantitative estimate of drug-likeness (QED) is 0.884. The zero-order chi connectivity index (χ0) is 14.9. The average molecular weight is 287 g/mol. The van der Waals surface area contributed by atoms with Gasteiger partial charge in [-0.05, 0) is 61.3 Å². The summed E-state index contributed by atoms with van der Waals surface area (Å²) in [6.07, 6.45) is 7.76. The summed E-state index contributed by atoms with van der Waals surface area (Å²) < 4.78 is 5.76. The third-order valence-electron chi connectivity index (χ3n) is 5.60. The number of rotatable bonds is 3. The lowest BCUT2D eigenvalue weighted by molar-refractivity contribution is 0.101. The van der Waals surface area contributed by atoms with Gasteiger partial charge in [0.05, 0.1) is 6.61 Å². The average Bonchev–Trinajstić information content (AvgIpc) is 2.49. The summed E-state index contributed by atoms with van der Waals surface area (Å²) in [5.41, 5.74) is 3.27. The number of fused-ring (bicyclic) bond motifs is 1. The zero-order valence-electron chi connectivity index (χ0n) is 13.7. The fourth-order valence-electron chi connectivity index (χ4n) is 4.31. The molecule has 2 heteroatoms. The Labute approximate surface area is 129 Å². The van der Waals surface area contributed by atoms with Crippen LogP contribution in [0.1, 0.15) is 63.1 Å². The lowest BCUT2D eigenvalue weighted by atomic mass is 9.64. The molecule has 0 spiro atoms. The molecule has 1 aliphatic carbocycles. The van der Waals surface area contributed by atoms with Gasteiger partial charge in [0.2, 0.25) is 0 Å². The third kappa shape index (κ3) is 2.96. The van der Waals surface area contributed by atoms with Crippen molar-refractivity contribution in [1.82, 2.24) is 5.32 Å². The van der Waals surface area contributed by atoms with Crippen LogP contribution in [-0.2, 0) is 6.42 Å². The van der Waals surface area contributed by atoms with E-state index in [-0.39, 0.29) is 0 Å². The lowest BCUT2D eigenvalue weighted by Crippen LogP contribution is -2.37. The van der Waals surface area contributed by atoms with Gasteiger partial charge < -0.3 is 10.1 Å². The Kier molecular flexibility index (Phi) is 4.26. The molecule has 1 aromatic carbocycles. The Bertz CT molecular complexity index is 494. The summed E-state index contributed by atoms with van der Waals surface area (Å²) in [5.74, 6) is 1.82.